The standard InChI is InChI=1S/C19H29NO2.C2H2O4/c1-5-6-17-7-8-18(19(12-17)21-4)22-10-9-20-13-15(2)11-16(3)14-20;3-1(4)2(5)6/h5-8,12,15-16H,9-11,13-14H2,1-4H3;(H,3,4)(H,5,6)/b6-5+;. The van der Waals surface area contributed by atoms with Crippen molar-refractivity contribution < 1.29 is 29.3 Å². The maximum absolute atomic E-state index is 9.10. The first kappa shape index (κ1) is 23.5. The molecule has 2 N–H and O–H groups in total. The van der Waals surface area contributed by atoms with E-state index in [-0.39, 0.29) is 0 Å². The first-order chi connectivity index (χ1) is 13.3. The molecule has 2 unspecified atom stereocenters. The van der Waals surface area contributed by atoms with Crippen LogP contribution in [-0.4, -0.2) is 60.4 Å². The molecule has 2 atom stereocenters. The third-order valence-corrected chi connectivity index (χ3v) is 4.34. The molecule has 0 spiro atoms. The molecule has 1 saturated heterocycles. The minimum absolute atomic E-state index is 0.707. The van der Waals surface area contributed by atoms with Gasteiger partial charge in [-0.2, -0.15) is 0 Å². The number of aliphatic carboxylic acids is 2. The fraction of sp³-hybridized carbons (Fsp3) is 0.524. The zero-order valence-corrected chi connectivity index (χ0v) is 17.1. The number of benzene rings is 1. The van der Waals surface area contributed by atoms with E-state index in [1.165, 1.54) is 19.5 Å². The SMILES string of the molecule is C/C=C/c1ccc(OCCN2CC(C)CC(C)C2)c(OC)c1.O=C(O)C(=O)O. The lowest BCUT2D eigenvalue weighted by molar-refractivity contribution is -0.159. The predicted octanol–water partition coefficient (Wildman–Crippen LogP) is 3.24. The molecule has 7 heteroatoms. The van der Waals surface area contributed by atoms with Crippen LogP contribution in [0.15, 0.2) is 24.3 Å². The van der Waals surface area contributed by atoms with Gasteiger partial charge < -0.3 is 19.7 Å². The zero-order valence-electron chi connectivity index (χ0n) is 17.1. The Bertz CT molecular complexity index is 651. The van der Waals surface area contributed by atoms with Crippen LogP contribution in [0.25, 0.3) is 6.08 Å². The molecule has 28 heavy (non-hydrogen) atoms. The van der Waals surface area contributed by atoms with Gasteiger partial charge in [-0.05, 0) is 42.9 Å². The summed E-state index contributed by atoms with van der Waals surface area (Å²) in [5.41, 5.74) is 1.13. The number of hydrogen-bond acceptors (Lipinski definition) is 5. The molecule has 1 aliphatic heterocycles. The average Bonchev–Trinajstić information content (AvgIpc) is 2.62. The predicted molar refractivity (Wildman–Crippen MR) is 108 cm³/mol. The van der Waals surface area contributed by atoms with Crippen LogP contribution in [-0.2, 0) is 9.59 Å². The number of likely N-dealkylation sites (tertiary alicyclic amines) is 1. The Hall–Kier alpha value is -2.54. The van der Waals surface area contributed by atoms with E-state index in [2.05, 4.69) is 30.9 Å². The summed E-state index contributed by atoms with van der Waals surface area (Å²) in [7, 11) is 1.69. The summed E-state index contributed by atoms with van der Waals surface area (Å²) in [6.07, 6.45) is 5.42. The molecule has 0 aromatic heterocycles. The molecule has 0 radical (unpaired) electrons. The number of methoxy groups -OCH3 is 1. The molecule has 2 rings (SSSR count). The summed E-state index contributed by atoms with van der Waals surface area (Å²) in [5.74, 6) is -0.438. The van der Waals surface area contributed by atoms with Crippen molar-refractivity contribution in [2.75, 3.05) is 33.4 Å². The van der Waals surface area contributed by atoms with E-state index < -0.39 is 11.9 Å². The molecule has 1 aliphatic rings. The lowest BCUT2D eigenvalue weighted by atomic mass is 9.92. The molecule has 1 fully saturated rings. The van der Waals surface area contributed by atoms with Gasteiger partial charge in [-0.15, -0.1) is 0 Å². The van der Waals surface area contributed by atoms with E-state index in [0.29, 0.717) is 6.61 Å². The molecule has 0 amide bonds. The van der Waals surface area contributed by atoms with Gasteiger partial charge in [-0.1, -0.05) is 32.1 Å². The minimum atomic E-state index is -1.82. The largest absolute Gasteiger partial charge is 0.493 e. The van der Waals surface area contributed by atoms with Gasteiger partial charge in [0.2, 0.25) is 0 Å². The van der Waals surface area contributed by atoms with Crippen LogP contribution in [0.4, 0.5) is 0 Å². The highest BCUT2D eigenvalue weighted by Gasteiger charge is 2.21. The molecule has 0 saturated carbocycles. The molecular formula is C21H31NO6. The molecule has 1 heterocycles. The number of carboxylic acid groups (broad SMARTS) is 2. The Balaban J connectivity index is 0.000000568. The molecule has 0 bridgehead atoms. The van der Waals surface area contributed by atoms with Crippen LogP contribution in [0.3, 0.4) is 0 Å². The quantitative estimate of drug-likeness (QED) is 0.716. The second-order valence-corrected chi connectivity index (χ2v) is 7.07. The summed E-state index contributed by atoms with van der Waals surface area (Å²) in [6.45, 7) is 10.7. The zero-order chi connectivity index (χ0) is 21.1. The summed E-state index contributed by atoms with van der Waals surface area (Å²) in [4.78, 5) is 20.7. The van der Waals surface area contributed by atoms with Crippen molar-refractivity contribution in [1.29, 1.82) is 0 Å². The van der Waals surface area contributed by atoms with Crippen LogP contribution in [0.5, 0.6) is 11.5 Å². The van der Waals surface area contributed by atoms with E-state index in [4.69, 9.17) is 29.3 Å². The average molecular weight is 393 g/mol. The van der Waals surface area contributed by atoms with Crippen molar-refractivity contribution in [2.24, 2.45) is 11.8 Å². The van der Waals surface area contributed by atoms with Gasteiger partial charge in [0.15, 0.2) is 11.5 Å². The first-order valence-electron chi connectivity index (χ1n) is 9.38. The number of ether oxygens (including phenoxy) is 2. The van der Waals surface area contributed by atoms with Gasteiger partial charge in [0, 0.05) is 19.6 Å². The fourth-order valence-corrected chi connectivity index (χ4v) is 3.36. The van der Waals surface area contributed by atoms with Crippen molar-refractivity contribution in [3.63, 3.8) is 0 Å². The van der Waals surface area contributed by atoms with E-state index in [0.717, 1.165) is 35.4 Å². The van der Waals surface area contributed by atoms with E-state index in [9.17, 15) is 0 Å². The summed E-state index contributed by atoms with van der Waals surface area (Å²) >= 11 is 0. The molecule has 156 valence electrons. The molecule has 7 nitrogen and oxygen atoms in total. The number of piperidine rings is 1. The van der Waals surface area contributed by atoms with E-state index >= 15 is 0 Å². The van der Waals surface area contributed by atoms with Crippen molar-refractivity contribution in [2.45, 2.75) is 27.2 Å². The van der Waals surface area contributed by atoms with E-state index in [1.54, 1.807) is 7.11 Å². The highest BCUT2D eigenvalue weighted by Crippen LogP contribution is 2.28. The summed E-state index contributed by atoms with van der Waals surface area (Å²) < 4.78 is 11.4. The Morgan fingerprint density at radius 2 is 1.75 bits per heavy atom. The van der Waals surface area contributed by atoms with Crippen molar-refractivity contribution in [3.8, 4) is 11.5 Å². The van der Waals surface area contributed by atoms with Crippen LogP contribution in [0, 0.1) is 11.8 Å². The Labute approximate surface area is 166 Å². The maximum atomic E-state index is 9.10. The van der Waals surface area contributed by atoms with Crippen molar-refractivity contribution in [1.82, 2.24) is 4.90 Å². The first-order valence-corrected chi connectivity index (χ1v) is 9.38. The third kappa shape index (κ3) is 8.43. The lowest BCUT2D eigenvalue weighted by Crippen LogP contribution is -2.40. The van der Waals surface area contributed by atoms with Crippen molar-refractivity contribution >= 4 is 18.0 Å². The Morgan fingerprint density at radius 1 is 1.14 bits per heavy atom. The Morgan fingerprint density at radius 3 is 2.25 bits per heavy atom. The van der Waals surface area contributed by atoms with Gasteiger partial charge in [-0.25, -0.2) is 9.59 Å². The van der Waals surface area contributed by atoms with Gasteiger partial charge in [0.25, 0.3) is 0 Å². The number of carboxylic acids is 2. The molecule has 0 aliphatic carbocycles. The van der Waals surface area contributed by atoms with Gasteiger partial charge in [-0.3, -0.25) is 4.90 Å². The van der Waals surface area contributed by atoms with Crippen molar-refractivity contribution in [3.05, 3.63) is 29.8 Å². The molecule has 1 aromatic rings. The van der Waals surface area contributed by atoms with E-state index in [1.807, 2.05) is 25.1 Å². The monoisotopic (exact) mass is 393 g/mol. The number of carbonyl (C=O) groups is 2. The summed E-state index contributed by atoms with van der Waals surface area (Å²) in [5, 5.41) is 14.8. The second kappa shape index (κ2) is 12.0. The summed E-state index contributed by atoms with van der Waals surface area (Å²) in [6, 6.07) is 6.07. The number of rotatable bonds is 6. The molecular weight excluding hydrogens is 362 g/mol. The molecule has 1 aromatic carbocycles. The van der Waals surface area contributed by atoms with Crippen LogP contribution in [0.1, 0.15) is 32.8 Å². The maximum Gasteiger partial charge on any atom is 0.414 e. The van der Waals surface area contributed by atoms with Crippen LogP contribution in [0.2, 0.25) is 0 Å². The van der Waals surface area contributed by atoms with Gasteiger partial charge >= 0.3 is 11.9 Å². The van der Waals surface area contributed by atoms with Gasteiger partial charge in [0.05, 0.1) is 7.11 Å². The Kier molecular flexibility index (Phi) is 10.1. The highest BCUT2D eigenvalue weighted by molar-refractivity contribution is 6.27. The third-order valence-electron chi connectivity index (χ3n) is 4.34. The topological polar surface area (TPSA) is 96.3 Å². The van der Waals surface area contributed by atoms with Gasteiger partial charge in [0.1, 0.15) is 6.61 Å². The normalized spacial score (nSPS) is 19.6. The fourth-order valence-electron chi connectivity index (χ4n) is 3.36. The number of allylic oxidation sites excluding steroid dienone is 1. The minimum Gasteiger partial charge on any atom is -0.493 e. The smallest absolute Gasteiger partial charge is 0.414 e. The van der Waals surface area contributed by atoms with Crippen LogP contribution >= 0.6 is 0 Å². The lowest BCUT2D eigenvalue weighted by Gasteiger charge is -2.34. The number of hydrogen-bond donors (Lipinski definition) is 2. The second-order valence-electron chi connectivity index (χ2n) is 7.07. The number of nitrogens with zero attached hydrogens (tertiary/aromatic N) is 1. The van der Waals surface area contributed by atoms with Crippen LogP contribution < -0.4 is 9.47 Å². The highest BCUT2D eigenvalue weighted by atomic mass is 16.5.